The van der Waals surface area contributed by atoms with Crippen molar-refractivity contribution in [3.63, 3.8) is 0 Å². The van der Waals surface area contributed by atoms with E-state index in [9.17, 15) is 10.1 Å². The normalized spacial score (nSPS) is 17.1. The molecule has 0 spiro atoms. The number of benzene rings is 1. The van der Waals surface area contributed by atoms with Gasteiger partial charge in [0.1, 0.15) is 11.1 Å². The van der Waals surface area contributed by atoms with Crippen LogP contribution in [0.4, 0.5) is 5.69 Å². The predicted molar refractivity (Wildman–Crippen MR) is 113 cm³/mol. The van der Waals surface area contributed by atoms with Gasteiger partial charge in [0, 0.05) is 17.9 Å². The van der Waals surface area contributed by atoms with Gasteiger partial charge in [-0.25, -0.2) is 4.98 Å². The molecule has 0 N–H and O–H groups in total. The van der Waals surface area contributed by atoms with Crippen molar-refractivity contribution in [3.05, 3.63) is 52.7 Å². The number of carbonyl (C=O) groups is 1. The summed E-state index contributed by atoms with van der Waals surface area (Å²) in [4.78, 5) is 19.8. The molecule has 1 aliphatic carbocycles. The molecule has 144 valence electrons. The molecule has 0 fully saturated rings. The van der Waals surface area contributed by atoms with Crippen molar-refractivity contribution < 1.29 is 4.79 Å². The summed E-state index contributed by atoms with van der Waals surface area (Å²) in [7, 11) is 0. The lowest BCUT2D eigenvalue weighted by Gasteiger charge is -2.22. The number of nitriles is 1. The summed E-state index contributed by atoms with van der Waals surface area (Å²) in [5, 5.41) is 10.1. The molecule has 1 amide bonds. The van der Waals surface area contributed by atoms with E-state index in [-0.39, 0.29) is 11.2 Å². The van der Waals surface area contributed by atoms with Crippen molar-refractivity contribution in [1.29, 1.82) is 5.26 Å². The Morgan fingerprint density at radius 3 is 2.75 bits per heavy atom. The number of aromatic nitrogens is 1. The molecule has 4 nitrogen and oxygen atoms in total. The lowest BCUT2D eigenvalue weighted by atomic mass is 9.96. The van der Waals surface area contributed by atoms with Crippen LogP contribution >= 0.6 is 11.8 Å². The molecule has 4 rings (SSSR count). The summed E-state index contributed by atoms with van der Waals surface area (Å²) in [6.07, 6.45) is 7.68. The first kappa shape index (κ1) is 19.0. The van der Waals surface area contributed by atoms with Gasteiger partial charge in [-0.05, 0) is 62.3 Å². The lowest BCUT2D eigenvalue weighted by molar-refractivity contribution is -0.117. The zero-order valence-corrected chi connectivity index (χ0v) is 17.1. The van der Waals surface area contributed by atoms with E-state index in [4.69, 9.17) is 4.98 Å². The molecule has 2 aliphatic rings. The zero-order valence-electron chi connectivity index (χ0n) is 16.3. The van der Waals surface area contributed by atoms with Gasteiger partial charge in [-0.3, -0.25) is 4.79 Å². The Labute approximate surface area is 171 Å². The molecule has 1 aromatic carbocycles. The number of hydrogen-bond donors (Lipinski definition) is 0. The first-order valence-electron chi connectivity index (χ1n) is 10.2. The Morgan fingerprint density at radius 1 is 1.14 bits per heavy atom. The number of para-hydroxylation sites is 1. The van der Waals surface area contributed by atoms with Crippen molar-refractivity contribution in [2.75, 3.05) is 11.4 Å². The fourth-order valence-corrected chi connectivity index (χ4v) is 5.10. The average Bonchev–Trinajstić information content (AvgIpc) is 3.12. The number of thioether (sulfide) groups is 1. The summed E-state index contributed by atoms with van der Waals surface area (Å²) in [5.74, 6) is 0.0902. The van der Waals surface area contributed by atoms with Crippen molar-refractivity contribution in [3.8, 4) is 6.07 Å². The third-order valence-corrected chi connectivity index (χ3v) is 6.77. The Bertz CT molecular complexity index is 934. The van der Waals surface area contributed by atoms with Gasteiger partial charge in [0.05, 0.1) is 10.8 Å². The van der Waals surface area contributed by atoms with E-state index in [0.717, 1.165) is 50.0 Å². The van der Waals surface area contributed by atoms with E-state index in [0.29, 0.717) is 10.6 Å². The standard InChI is InChI=1S/C23H25N3OS/c1-16(23(27)26-13-12-17-8-6-7-11-21(17)26)28-22-19(15-24)14-18-9-4-2-3-5-10-20(18)25-22/h6-8,11,14,16H,2-5,9-10,12-13H2,1H3. The van der Waals surface area contributed by atoms with Crippen LogP contribution in [-0.2, 0) is 24.1 Å². The second-order valence-corrected chi connectivity index (χ2v) is 8.93. The highest BCUT2D eigenvalue weighted by molar-refractivity contribution is 8.00. The first-order valence-corrected chi connectivity index (χ1v) is 11.0. The molecule has 0 saturated carbocycles. The number of nitrogens with zero attached hydrogens (tertiary/aromatic N) is 3. The molecule has 2 aromatic rings. The Morgan fingerprint density at radius 2 is 1.93 bits per heavy atom. The van der Waals surface area contributed by atoms with E-state index in [1.807, 2.05) is 36.1 Å². The smallest absolute Gasteiger partial charge is 0.240 e. The number of anilines is 1. The molecule has 0 bridgehead atoms. The van der Waals surface area contributed by atoms with Gasteiger partial charge < -0.3 is 4.90 Å². The summed E-state index contributed by atoms with van der Waals surface area (Å²) in [6.45, 7) is 2.65. The van der Waals surface area contributed by atoms with Gasteiger partial charge in [0.2, 0.25) is 5.91 Å². The largest absolute Gasteiger partial charge is 0.311 e. The van der Waals surface area contributed by atoms with Crippen molar-refractivity contribution in [1.82, 2.24) is 4.98 Å². The molecule has 1 unspecified atom stereocenters. The van der Waals surface area contributed by atoms with E-state index in [1.165, 1.54) is 35.7 Å². The molecular formula is C23H25N3OS. The Hall–Kier alpha value is -2.32. The van der Waals surface area contributed by atoms with Crippen LogP contribution in [0.1, 0.15) is 55.0 Å². The lowest BCUT2D eigenvalue weighted by Crippen LogP contribution is -2.35. The van der Waals surface area contributed by atoms with Gasteiger partial charge in [0.25, 0.3) is 0 Å². The van der Waals surface area contributed by atoms with E-state index >= 15 is 0 Å². The van der Waals surface area contributed by atoms with Crippen LogP contribution in [0.5, 0.6) is 0 Å². The third kappa shape index (κ3) is 3.79. The molecule has 2 heterocycles. The molecule has 28 heavy (non-hydrogen) atoms. The van der Waals surface area contributed by atoms with Crippen LogP contribution in [0.3, 0.4) is 0 Å². The molecule has 1 aromatic heterocycles. The average molecular weight is 392 g/mol. The summed E-state index contributed by atoms with van der Waals surface area (Å²) < 4.78 is 0. The molecule has 0 saturated heterocycles. The highest BCUT2D eigenvalue weighted by Crippen LogP contribution is 2.33. The van der Waals surface area contributed by atoms with Crippen LogP contribution in [-0.4, -0.2) is 22.7 Å². The fourth-order valence-electron chi connectivity index (χ4n) is 4.14. The summed E-state index contributed by atoms with van der Waals surface area (Å²) in [5.41, 5.74) is 5.18. The monoisotopic (exact) mass is 391 g/mol. The van der Waals surface area contributed by atoms with Crippen molar-refractivity contribution in [2.24, 2.45) is 0 Å². The quantitative estimate of drug-likeness (QED) is 0.713. The van der Waals surface area contributed by atoms with Gasteiger partial charge in [-0.1, -0.05) is 42.8 Å². The maximum Gasteiger partial charge on any atom is 0.240 e. The van der Waals surface area contributed by atoms with Crippen LogP contribution in [0.2, 0.25) is 0 Å². The van der Waals surface area contributed by atoms with Gasteiger partial charge in [-0.15, -0.1) is 0 Å². The van der Waals surface area contributed by atoms with Crippen molar-refractivity contribution >= 4 is 23.4 Å². The van der Waals surface area contributed by atoms with Crippen LogP contribution < -0.4 is 4.90 Å². The molecule has 1 atom stereocenters. The maximum atomic E-state index is 13.1. The number of fused-ring (bicyclic) bond motifs is 2. The second-order valence-electron chi connectivity index (χ2n) is 7.60. The number of amides is 1. The van der Waals surface area contributed by atoms with Crippen molar-refractivity contribution in [2.45, 2.75) is 62.1 Å². The third-order valence-electron chi connectivity index (χ3n) is 5.68. The summed E-state index contributed by atoms with van der Waals surface area (Å²) >= 11 is 1.42. The van der Waals surface area contributed by atoms with Gasteiger partial charge in [-0.2, -0.15) is 5.26 Å². The Balaban J connectivity index is 1.56. The zero-order chi connectivity index (χ0) is 19.5. The predicted octanol–water partition coefficient (Wildman–Crippen LogP) is 4.68. The first-order chi connectivity index (χ1) is 13.7. The number of pyridine rings is 1. The number of hydrogen-bond acceptors (Lipinski definition) is 4. The minimum atomic E-state index is -0.280. The number of rotatable bonds is 3. The minimum absolute atomic E-state index is 0.0902. The highest BCUT2D eigenvalue weighted by atomic mass is 32.2. The number of aryl methyl sites for hydroxylation is 2. The van der Waals surface area contributed by atoms with E-state index in [2.05, 4.69) is 12.1 Å². The van der Waals surface area contributed by atoms with Crippen LogP contribution in [0.15, 0.2) is 35.4 Å². The molecule has 1 aliphatic heterocycles. The summed E-state index contributed by atoms with van der Waals surface area (Å²) in [6, 6.07) is 12.4. The topological polar surface area (TPSA) is 57.0 Å². The van der Waals surface area contributed by atoms with E-state index in [1.54, 1.807) is 0 Å². The molecule has 5 heteroatoms. The van der Waals surface area contributed by atoms with Gasteiger partial charge in [0.15, 0.2) is 0 Å². The highest BCUT2D eigenvalue weighted by Gasteiger charge is 2.29. The van der Waals surface area contributed by atoms with Crippen LogP contribution in [0, 0.1) is 11.3 Å². The SMILES string of the molecule is CC(Sc1nc2c(cc1C#N)CCCCCC2)C(=O)N1CCc2ccccc21. The Kier molecular flexibility index (Phi) is 5.68. The molecule has 0 radical (unpaired) electrons. The van der Waals surface area contributed by atoms with E-state index < -0.39 is 0 Å². The van der Waals surface area contributed by atoms with Gasteiger partial charge >= 0.3 is 0 Å². The fraction of sp³-hybridized carbons (Fsp3) is 0.435. The minimum Gasteiger partial charge on any atom is -0.311 e. The number of carbonyl (C=O) groups excluding carboxylic acids is 1. The molecular weight excluding hydrogens is 366 g/mol. The van der Waals surface area contributed by atoms with Crippen LogP contribution in [0.25, 0.3) is 0 Å². The maximum absolute atomic E-state index is 13.1. The second kappa shape index (κ2) is 8.36.